The summed E-state index contributed by atoms with van der Waals surface area (Å²) in [7, 11) is -4.44. The fourth-order valence-corrected chi connectivity index (χ4v) is 2.02. The highest BCUT2D eigenvalue weighted by molar-refractivity contribution is 7.46. The summed E-state index contributed by atoms with van der Waals surface area (Å²) >= 11 is 0. The predicted molar refractivity (Wildman–Crippen MR) is 78.7 cm³/mol. The average Bonchev–Trinajstić information content (AvgIpc) is 2.39. The lowest BCUT2D eigenvalue weighted by atomic mass is 10.0. The lowest BCUT2D eigenvalue weighted by Crippen LogP contribution is -2.07. The number of terminal acetylenes is 1. The highest BCUT2D eigenvalue weighted by Crippen LogP contribution is 2.37. The molecule has 0 bridgehead atoms. The van der Waals surface area contributed by atoms with Crippen molar-refractivity contribution in [1.29, 1.82) is 0 Å². The van der Waals surface area contributed by atoms with E-state index in [4.69, 9.17) is 21.3 Å². The van der Waals surface area contributed by atoms with Crippen LogP contribution in [0.3, 0.4) is 0 Å². The van der Waals surface area contributed by atoms with E-state index < -0.39 is 7.82 Å². The van der Waals surface area contributed by atoms with Crippen LogP contribution in [0.5, 0.6) is 0 Å². The van der Waals surface area contributed by atoms with Crippen LogP contribution in [-0.4, -0.2) is 22.9 Å². The molecule has 6 N–H and O–H groups in total. The van der Waals surface area contributed by atoms with E-state index in [1.54, 1.807) is 0 Å². The second-order valence-corrected chi connectivity index (χ2v) is 5.24. The van der Waals surface area contributed by atoms with E-state index in [0.29, 0.717) is 31.5 Å². The molecule has 0 aromatic heterocycles. The Balaban J connectivity index is 0.00000172. The summed E-state index contributed by atoms with van der Waals surface area (Å²) in [5.74, 6) is 0. The number of hydrogen-bond acceptors (Lipinski definition) is 4. The third-order valence-corrected chi connectivity index (χ3v) is 2.84. The van der Waals surface area contributed by atoms with Crippen LogP contribution >= 0.6 is 7.82 Å². The SMILES string of the molecule is C#C.NCCc1cc(CCN)cc(COP(=O)(O)O)c1. The zero-order valence-electron chi connectivity index (χ0n) is 11.2. The summed E-state index contributed by atoms with van der Waals surface area (Å²) in [6.07, 6.45) is 9.42. The topological polar surface area (TPSA) is 119 Å². The lowest BCUT2D eigenvalue weighted by Gasteiger charge is -2.10. The Bertz CT molecular complexity index is 446. The first-order chi connectivity index (χ1) is 9.44. The molecule has 112 valence electrons. The van der Waals surface area contributed by atoms with Gasteiger partial charge in [-0.3, -0.25) is 4.52 Å². The van der Waals surface area contributed by atoms with E-state index in [9.17, 15) is 4.57 Å². The molecule has 1 aromatic rings. The Morgan fingerprint density at radius 1 is 1.00 bits per heavy atom. The molecule has 20 heavy (non-hydrogen) atoms. The summed E-state index contributed by atoms with van der Waals surface area (Å²) in [4.78, 5) is 17.3. The molecular formula is C13H21N2O4P. The highest BCUT2D eigenvalue weighted by atomic mass is 31.2. The van der Waals surface area contributed by atoms with E-state index >= 15 is 0 Å². The monoisotopic (exact) mass is 300 g/mol. The van der Waals surface area contributed by atoms with Crippen LogP contribution < -0.4 is 11.5 Å². The first-order valence-electron chi connectivity index (χ1n) is 6.00. The van der Waals surface area contributed by atoms with Gasteiger partial charge in [-0.25, -0.2) is 4.57 Å². The van der Waals surface area contributed by atoms with Crippen LogP contribution in [0.25, 0.3) is 0 Å². The molecule has 0 spiro atoms. The maximum Gasteiger partial charge on any atom is 0.469 e. The molecule has 0 saturated carbocycles. The zero-order chi connectivity index (χ0) is 15.6. The number of hydrogen-bond donors (Lipinski definition) is 4. The van der Waals surface area contributed by atoms with Crippen molar-refractivity contribution in [2.45, 2.75) is 19.4 Å². The normalized spacial score (nSPS) is 10.7. The molecule has 0 saturated heterocycles. The second-order valence-electron chi connectivity index (χ2n) is 4.00. The zero-order valence-corrected chi connectivity index (χ0v) is 12.1. The van der Waals surface area contributed by atoms with Gasteiger partial charge < -0.3 is 21.3 Å². The molecule has 0 aliphatic heterocycles. The molecule has 0 heterocycles. The summed E-state index contributed by atoms with van der Waals surface area (Å²) in [6.45, 7) is 0.913. The molecule has 7 heteroatoms. The summed E-state index contributed by atoms with van der Waals surface area (Å²) < 4.78 is 15.1. The van der Waals surface area contributed by atoms with Gasteiger partial charge >= 0.3 is 7.82 Å². The quantitative estimate of drug-likeness (QED) is 0.431. The van der Waals surface area contributed by atoms with E-state index in [-0.39, 0.29) is 6.61 Å². The Morgan fingerprint density at radius 3 is 1.75 bits per heavy atom. The minimum atomic E-state index is -4.44. The van der Waals surface area contributed by atoms with Crippen molar-refractivity contribution in [2.75, 3.05) is 13.1 Å². The number of nitrogens with two attached hydrogens (primary N) is 2. The first-order valence-corrected chi connectivity index (χ1v) is 7.53. The van der Waals surface area contributed by atoms with Gasteiger partial charge in [0.25, 0.3) is 0 Å². The molecule has 1 rings (SSSR count). The van der Waals surface area contributed by atoms with Crippen LogP contribution in [0.2, 0.25) is 0 Å². The maximum absolute atomic E-state index is 10.7. The second kappa shape index (κ2) is 9.67. The fraction of sp³-hybridized carbons (Fsp3) is 0.385. The highest BCUT2D eigenvalue weighted by Gasteiger charge is 2.14. The van der Waals surface area contributed by atoms with E-state index in [2.05, 4.69) is 17.4 Å². The van der Waals surface area contributed by atoms with Crippen LogP contribution in [0.1, 0.15) is 16.7 Å². The third-order valence-electron chi connectivity index (χ3n) is 2.38. The molecule has 1 aromatic carbocycles. The van der Waals surface area contributed by atoms with Gasteiger partial charge in [-0.2, -0.15) is 0 Å². The van der Waals surface area contributed by atoms with Crippen LogP contribution in [-0.2, 0) is 28.5 Å². The van der Waals surface area contributed by atoms with Crippen molar-refractivity contribution in [3.8, 4) is 12.8 Å². The van der Waals surface area contributed by atoms with Crippen molar-refractivity contribution < 1.29 is 18.9 Å². The Hall–Kier alpha value is -1.19. The number of phosphoric acid groups is 1. The Kier molecular flexibility index (Phi) is 9.10. The van der Waals surface area contributed by atoms with Crippen molar-refractivity contribution in [3.63, 3.8) is 0 Å². The largest absolute Gasteiger partial charge is 0.469 e. The predicted octanol–water partition coefficient (Wildman–Crippen LogP) is 0.548. The van der Waals surface area contributed by atoms with Gasteiger partial charge in [0, 0.05) is 0 Å². The van der Waals surface area contributed by atoms with Gasteiger partial charge in [-0.05, 0) is 42.6 Å². The molecular weight excluding hydrogens is 279 g/mol. The minimum Gasteiger partial charge on any atom is -0.330 e. The number of benzene rings is 1. The molecule has 0 amide bonds. The van der Waals surface area contributed by atoms with Crippen LogP contribution in [0, 0.1) is 12.8 Å². The van der Waals surface area contributed by atoms with Gasteiger partial charge in [0.1, 0.15) is 0 Å². The molecule has 0 radical (unpaired) electrons. The summed E-state index contributed by atoms with van der Waals surface area (Å²) in [6, 6.07) is 5.67. The molecule has 0 unspecified atom stereocenters. The van der Waals surface area contributed by atoms with Gasteiger partial charge in [0.05, 0.1) is 6.61 Å². The third kappa shape index (κ3) is 8.08. The fourth-order valence-electron chi connectivity index (χ4n) is 1.70. The molecule has 0 fully saturated rings. The van der Waals surface area contributed by atoms with Gasteiger partial charge in [-0.1, -0.05) is 18.2 Å². The van der Waals surface area contributed by atoms with Crippen molar-refractivity contribution in [1.82, 2.24) is 0 Å². The molecule has 6 nitrogen and oxygen atoms in total. The van der Waals surface area contributed by atoms with Crippen molar-refractivity contribution >= 4 is 7.82 Å². The van der Waals surface area contributed by atoms with Crippen LogP contribution in [0.4, 0.5) is 0 Å². The molecule has 0 aliphatic rings. The standard InChI is InChI=1S/C11H19N2O4P.C2H2/c12-3-1-9-5-10(2-4-13)7-11(6-9)8-17-18(14,15)16;1-2/h5-7H,1-4,8,12-13H2,(H2,14,15,16);1-2H. The molecule has 0 atom stereocenters. The Morgan fingerprint density at radius 2 is 1.40 bits per heavy atom. The minimum absolute atomic E-state index is 0.125. The van der Waals surface area contributed by atoms with E-state index in [0.717, 1.165) is 11.1 Å². The average molecular weight is 300 g/mol. The Labute approximate surface area is 119 Å². The lowest BCUT2D eigenvalue weighted by molar-refractivity contribution is 0.189. The van der Waals surface area contributed by atoms with Crippen molar-refractivity contribution in [3.05, 3.63) is 34.9 Å². The number of phosphoric ester groups is 1. The smallest absolute Gasteiger partial charge is 0.330 e. The first kappa shape index (κ1) is 18.8. The summed E-state index contributed by atoms with van der Waals surface area (Å²) in [5, 5.41) is 0. The maximum atomic E-state index is 10.7. The van der Waals surface area contributed by atoms with Gasteiger partial charge in [0.2, 0.25) is 0 Å². The summed E-state index contributed by atoms with van der Waals surface area (Å²) in [5.41, 5.74) is 13.8. The van der Waals surface area contributed by atoms with E-state index in [1.165, 1.54) is 0 Å². The van der Waals surface area contributed by atoms with Crippen LogP contribution in [0.15, 0.2) is 18.2 Å². The van der Waals surface area contributed by atoms with Gasteiger partial charge in [-0.15, -0.1) is 12.8 Å². The molecule has 0 aliphatic carbocycles. The number of rotatable bonds is 7. The van der Waals surface area contributed by atoms with Gasteiger partial charge in [0.15, 0.2) is 0 Å². The van der Waals surface area contributed by atoms with Crippen molar-refractivity contribution in [2.24, 2.45) is 11.5 Å². The van der Waals surface area contributed by atoms with E-state index in [1.807, 2.05) is 18.2 Å².